The highest BCUT2D eigenvalue weighted by molar-refractivity contribution is 7.08. The highest BCUT2D eigenvalue weighted by Gasteiger charge is 2.25. The fourth-order valence-electron chi connectivity index (χ4n) is 4.94. The Labute approximate surface area is 204 Å². The van der Waals surface area contributed by atoms with E-state index in [1.54, 1.807) is 0 Å². The molecule has 2 amide bonds. The molecule has 34 heavy (non-hydrogen) atoms. The minimum absolute atomic E-state index is 0.0590. The van der Waals surface area contributed by atoms with Gasteiger partial charge in [-0.15, -0.1) is 0 Å². The third kappa shape index (κ3) is 4.71. The van der Waals surface area contributed by atoms with Crippen molar-refractivity contribution in [3.63, 3.8) is 0 Å². The number of thiophene rings is 1. The number of rotatable bonds is 5. The molecule has 176 valence electrons. The molecule has 4 heterocycles. The first-order valence-corrected chi connectivity index (χ1v) is 13.0. The van der Waals surface area contributed by atoms with Crippen LogP contribution in [0.15, 0.2) is 47.3 Å². The van der Waals surface area contributed by atoms with Crippen LogP contribution >= 0.6 is 11.3 Å². The number of fused-ring (bicyclic) bond motifs is 1. The number of carbonyl (C=O) groups is 2. The molecule has 1 fully saturated rings. The number of piperidine rings is 1. The molecule has 2 aromatic heterocycles. The van der Waals surface area contributed by atoms with Gasteiger partial charge in [0.1, 0.15) is 0 Å². The second-order valence-corrected chi connectivity index (χ2v) is 9.87. The molecule has 1 saturated heterocycles. The monoisotopic (exact) mass is 474 g/mol. The molecular weight excluding hydrogens is 444 g/mol. The number of anilines is 1. The Kier molecular flexibility index (Phi) is 6.63. The molecule has 0 atom stereocenters. The fourth-order valence-corrected chi connectivity index (χ4v) is 5.58. The highest BCUT2D eigenvalue weighted by atomic mass is 32.1. The van der Waals surface area contributed by atoms with E-state index in [-0.39, 0.29) is 11.8 Å². The SMILES string of the molecule is Cc1ncc2c(c1CNC(=O)c1ccsc1)CCN(C(=O)c1ccc(N3CCCCC3)cc1)C2. The van der Waals surface area contributed by atoms with Gasteiger partial charge in [0.05, 0.1) is 0 Å². The number of benzene rings is 1. The van der Waals surface area contributed by atoms with E-state index in [1.165, 1.54) is 41.9 Å². The molecule has 0 saturated carbocycles. The summed E-state index contributed by atoms with van der Waals surface area (Å²) in [6, 6.07) is 9.90. The Bertz CT molecular complexity index is 1170. The van der Waals surface area contributed by atoms with Crippen LogP contribution in [0.5, 0.6) is 0 Å². The largest absolute Gasteiger partial charge is 0.372 e. The molecule has 2 aliphatic rings. The van der Waals surface area contributed by atoms with Crippen molar-refractivity contribution < 1.29 is 9.59 Å². The third-order valence-corrected chi connectivity index (χ3v) is 7.61. The van der Waals surface area contributed by atoms with Crippen LogP contribution < -0.4 is 10.2 Å². The average molecular weight is 475 g/mol. The smallest absolute Gasteiger partial charge is 0.254 e. The Hall–Kier alpha value is -3.19. The summed E-state index contributed by atoms with van der Waals surface area (Å²) in [6.45, 7) is 5.82. The van der Waals surface area contributed by atoms with Gasteiger partial charge in [-0.1, -0.05) is 0 Å². The number of pyridine rings is 1. The van der Waals surface area contributed by atoms with Crippen molar-refractivity contribution in [1.29, 1.82) is 0 Å². The lowest BCUT2D eigenvalue weighted by Crippen LogP contribution is -2.37. The molecule has 2 aliphatic heterocycles. The fraction of sp³-hybridized carbons (Fsp3) is 0.370. The molecule has 1 aromatic carbocycles. The molecular formula is C27H30N4O2S. The van der Waals surface area contributed by atoms with E-state index < -0.39 is 0 Å². The lowest BCUT2D eigenvalue weighted by atomic mass is 9.94. The Morgan fingerprint density at radius 2 is 1.82 bits per heavy atom. The topological polar surface area (TPSA) is 65.5 Å². The lowest BCUT2D eigenvalue weighted by molar-refractivity contribution is 0.0734. The van der Waals surface area contributed by atoms with Crippen molar-refractivity contribution in [1.82, 2.24) is 15.2 Å². The van der Waals surface area contributed by atoms with Gasteiger partial charge in [-0.2, -0.15) is 11.3 Å². The highest BCUT2D eigenvalue weighted by Crippen LogP contribution is 2.26. The zero-order valence-corrected chi connectivity index (χ0v) is 20.4. The van der Waals surface area contributed by atoms with Crippen molar-refractivity contribution >= 4 is 28.8 Å². The van der Waals surface area contributed by atoms with Gasteiger partial charge >= 0.3 is 0 Å². The molecule has 5 rings (SSSR count). The summed E-state index contributed by atoms with van der Waals surface area (Å²) in [5.74, 6) is -0.0115. The van der Waals surface area contributed by atoms with Crippen LogP contribution in [0.2, 0.25) is 0 Å². The predicted molar refractivity (Wildman–Crippen MR) is 135 cm³/mol. The van der Waals surface area contributed by atoms with Crippen LogP contribution in [0.1, 0.15) is 62.4 Å². The number of carbonyl (C=O) groups excluding carboxylic acids is 2. The standard InChI is InChI=1S/C27H30N4O2S/c1-19-25(16-29-26(32)21-10-14-34-18-21)24-9-13-31(17-22(24)15-28-19)27(33)20-5-7-23(8-6-20)30-11-3-2-4-12-30/h5-8,10,14-15,18H,2-4,9,11-13,16-17H2,1H3,(H,29,32). The second-order valence-electron chi connectivity index (χ2n) is 9.09. The van der Waals surface area contributed by atoms with Gasteiger partial charge in [0.25, 0.3) is 11.8 Å². The number of nitrogens with one attached hydrogen (secondary N) is 1. The summed E-state index contributed by atoms with van der Waals surface area (Å²) < 4.78 is 0. The van der Waals surface area contributed by atoms with Crippen LogP contribution in [0.4, 0.5) is 5.69 Å². The van der Waals surface area contributed by atoms with Crippen molar-refractivity contribution in [3.05, 3.63) is 80.8 Å². The summed E-state index contributed by atoms with van der Waals surface area (Å²) in [5.41, 5.74) is 6.89. The van der Waals surface area contributed by atoms with E-state index >= 15 is 0 Å². The Morgan fingerprint density at radius 3 is 2.56 bits per heavy atom. The number of hydrogen-bond donors (Lipinski definition) is 1. The van der Waals surface area contributed by atoms with Crippen LogP contribution in [-0.4, -0.2) is 41.3 Å². The summed E-state index contributed by atoms with van der Waals surface area (Å²) in [7, 11) is 0. The van der Waals surface area contributed by atoms with E-state index in [0.29, 0.717) is 25.2 Å². The maximum absolute atomic E-state index is 13.2. The maximum atomic E-state index is 13.2. The first kappa shape index (κ1) is 22.6. The molecule has 1 N–H and O–H groups in total. The van der Waals surface area contributed by atoms with Crippen molar-refractivity contribution in [2.75, 3.05) is 24.5 Å². The van der Waals surface area contributed by atoms with E-state index in [1.807, 2.05) is 47.0 Å². The Balaban J connectivity index is 1.27. The van der Waals surface area contributed by atoms with Gasteiger partial charge in [-0.3, -0.25) is 14.6 Å². The summed E-state index contributed by atoms with van der Waals surface area (Å²) in [6.07, 6.45) is 6.43. The van der Waals surface area contributed by atoms with Crippen LogP contribution in [0, 0.1) is 6.92 Å². The van der Waals surface area contributed by atoms with Gasteiger partial charge in [0, 0.05) is 66.8 Å². The quantitative estimate of drug-likeness (QED) is 0.588. The predicted octanol–water partition coefficient (Wildman–Crippen LogP) is 4.57. The second kappa shape index (κ2) is 9.97. The molecule has 0 unspecified atom stereocenters. The van der Waals surface area contributed by atoms with E-state index in [9.17, 15) is 9.59 Å². The number of aryl methyl sites for hydroxylation is 1. The van der Waals surface area contributed by atoms with Gasteiger partial charge in [-0.25, -0.2) is 0 Å². The van der Waals surface area contributed by atoms with Crippen molar-refractivity contribution in [2.24, 2.45) is 0 Å². The first-order valence-electron chi connectivity index (χ1n) is 12.0. The van der Waals surface area contributed by atoms with Crippen molar-refractivity contribution in [3.8, 4) is 0 Å². The molecule has 0 radical (unpaired) electrons. The molecule has 0 aliphatic carbocycles. The number of amides is 2. The molecule has 6 nitrogen and oxygen atoms in total. The average Bonchev–Trinajstić information content (AvgIpc) is 3.43. The normalized spacial score (nSPS) is 15.7. The van der Waals surface area contributed by atoms with Crippen molar-refractivity contribution in [2.45, 2.75) is 45.7 Å². The van der Waals surface area contributed by atoms with Gasteiger partial charge < -0.3 is 15.1 Å². The third-order valence-electron chi connectivity index (χ3n) is 6.93. The number of nitrogens with zero attached hydrogens (tertiary/aromatic N) is 3. The zero-order chi connectivity index (χ0) is 23.5. The van der Waals surface area contributed by atoms with Gasteiger partial charge in [0.15, 0.2) is 0 Å². The van der Waals surface area contributed by atoms with Crippen LogP contribution in [0.25, 0.3) is 0 Å². The molecule has 0 spiro atoms. The molecule has 3 aromatic rings. The molecule has 7 heteroatoms. The number of aromatic nitrogens is 1. The van der Waals surface area contributed by atoms with Crippen LogP contribution in [-0.2, 0) is 19.5 Å². The minimum Gasteiger partial charge on any atom is -0.372 e. The van der Waals surface area contributed by atoms with E-state index in [4.69, 9.17) is 0 Å². The Morgan fingerprint density at radius 1 is 1.03 bits per heavy atom. The molecule has 0 bridgehead atoms. The number of hydrogen-bond acceptors (Lipinski definition) is 5. The van der Waals surface area contributed by atoms with Gasteiger partial charge in [0.2, 0.25) is 0 Å². The first-order chi connectivity index (χ1) is 16.6. The summed E-state index contributed by atoms with van der Waals surface area (Å²) >= 11 is 1.51. The minimum atomic E-state index is -0.0705. The van der Waals surface area contributed by atoms with E-state index in [2.05, 4.69) is 27.3 Å². The maximum Gasteiger partial charge on any atom is 0.254 e. The zero-order valence-electron chi connectivity index (χ0n) is 19.5. The van der Waals surface area contributed by atoms with E-state index in [0.717, 1.165) is 41.9 Å². The summed E-state index contributed by atoms with van der Waals surface area (Å²) in [4.78, 5) is 34.5. The van der Waals surface area contributed by atoms with Gasteiger partial charge in [-0.05, 0) is 85.0 Å². The summed E-state index contributed by atoms with van der Waals surface area (Å²) in [5, 5.41) is 6.78. The van der Waals surface area contributed by atoms with Crippen LogP contribution in [0.3, 0.4) is 0 Å². The lowest BCUT2D eigenvalue weighted by Gasteiger charge is -2.31.